The van der Waals surface area contributed by atoms with Gasteiger partial charge < -0.3 is 9.80 Å². The first kappa shape index (κ1) is 14.0. The molecule has 0 N–H and O–H groups in total. The predicted octanol–water partition coefficient (Wildman–Crippen LogP) is 1.28. The van der Waals surface area contributed by atoms with E-state index in [2.05, 4.69) is 32.0 Å². The molecule has 0 atom stereocenters. The number of nitrogens with zero attached hydrogens (tertiary/aromatic N) is 2. The van der Waals surface area contributed by atoms with Crippen molar-refractivity contribution in [2.45, 2.75) is 13.3 Å². The fourth-order valence-corrected chi connectivity index (χ4v) is 3.35. The average Bonchev–Trinajstić information content (AvgIpc) is 2.65. The summed E-state index contributed by atoms with van der Waals surface area (Å²) < 4.78 is 26.8. The molecule has 1 heterocycles. The molecular weight excluding hydrogens is 268 g/mol. The van der Waals surface area contributed by atoms with Crippen molar-refractivity contribution in [1.82, 2.24) is 9.80 Å². The molecule has 0 fully saturated rings. The Morgan fingerprint density at radius 2 is 2.12 bits per heavy atom. The highest BCUT2D eigenvalue weighted by atomic mass is 33.1. The summed E-state index contributed by atoms with van der Waals surface area (Å²) >= 11 is 4.20. The number of hydrogen-bond donors (Lipinski definition) is 1. The Labute approximate surface area is 106 Å². The lowest BCUT2D eigenvalue weighted by molar-refractivity contribution is 0.273. The van der Waals surface area contributed by atoms with Crippen LogP contribution in [0.4, 0.5) is 0 Å². The summed E-state index contributed by atoms with van der Waals surface area (Å²) in [6, 6.07) is 0. The predicted molar refractivity (Wildman–Crippen MR) is 69.2 cm³/mol. The molecule has 0 aliphatic carbocycles. The van der Waals surface area contributed by atoms with E-state index in [1.807, 2.05) is 12.4 Å². The molecule has 16 heavy (non-hydrogen) atoms. The first-order chi connectivity index (χ1) is 7.57. The van der Waals surface area contributed by atoms with Crippen molar-refractivity contribution in [2.75, 3.05) is 25.5 Å². The van der Waals surface area contributed by atoms with E-state index in [1.165, 1.54) is 0 Å². The molecule has 0 radical (unpaired) electrons. The second kappa shape index (κ2) is 6.63. The smallest absolute Gasteiger partial charge is 0.278 e. The zero-order valence-electron chi connectivity index (χ0n) is 9.07. The van der Waals surface area contributed by atoms with Gasteiger partial charge in [0.1, 0.15) is 0 Å². The van der Waals surface area contributed by atoms with E-state index >= 15 is 0 Å². The van der Waals surface area contributed by atoms with Crippen LogP contribution in [0.15, 0.2) is 12.4 Å². The van der Waals surface area contributed by atoms with Crippen LogP contribution in [0.3, 0.4) is 0 Å². The number of hydrogen-bond acceptors (Lipinski definition) is 7. The van der Waals surface area contributed by atoms with Crippen molar-refractivity contribution in [2.24, 2.45) is 0 Å². The zero-order chi connectivity index (χ0) is 12.0. The van der Waals surface area contributed by atoms with E-state index in [9.17, 15) is 8.42 Å². The first-order valence-electron chi connectivity index (χ1n) is 4.96. The first-order valence-corrected chi connectivity index (χ1v) is 8.33. The van der Waals surface area contributed by atoms with E-state index in [1.54, 1.807) is 0 Å². The molecule has 0 unspecified atom stereocenters. The third-order valence-corrected chi connectivity index (χ3v) is 4.64. The molecule has 0 saturated heterocycles. The fraction of sp³-hybridized carbons (Fsp3) is 0.750. The maximum absolute atomic E-state index is 11.2. The van der Waals surface area contributed by atoms with E-state index in [0.29, 0.717) is 24.0 Å². The Hall–Kier alpha value is -0.0500. The molecule has 0 spiro atoms. The number of thiol groups is 1. The Balaban J connectivity index is 2.20. The minimum absolute atomic E-state index is 0.0248. The maximum atomic E-state index is 11.2. The van der Waals surface area contributed by atoms with Gasteiger partial charge in [-0.25, -0.2) is 0 Å². The monoisotopic (exact) mass is 284 g/mol. The van der Waals surface area contributed by atoms with Crippen LogP contribution >= 0.6 is 22.7 Å². The van der Waals surface area contributed by atoms with Crippen molar-refractivity contribution >= 4 is 32.9 Å². The van der Waals surface area contributed by atoms with Crippen molar-refractivity contribution in [3.8, 4) is 0 Å². The molecule has 1 aliphatic rings. The summed E-state index contributed by atoms with van der Waals surface area (Å²) in [5, 5.41) is 0. The van der Waals surface area contributed by atoms with Crippen LogP contribution in [0.25, 0.3) is 0 Å². The van der Waals surface area contributed by atoms with Crippen LogP contribution in [-0.2, 0) is 13.7 Å². The second-order valence-corrected chi connectivity index (χ2v) is 6.08. The molecule has 8 heteroatoms. The summed E-state index contributed by atoms with van der Waals surface area (Å²) in [5.74, 6) is 0.0248. The third kappa shape index (κ3) is 4.86. The highest BCUT2D eigenvalue weighted by Gasteiger charge is 2.14. The second-order valence-electron chi connectivity index (χ2n) is 3.41. The molecule has 1 rings (SSSR count). The van der Waals surface area contributed by atoms with Gasteiger partial charge in [0.25, 0.3) is 10.1 Å². The molecule has 5 nitrogen and oxygen atoms in total. The molecule has 0 amide bonds. The minimum atomic E-state index is -3.42. The van der Waals surface area contributed by atoms with E-state index in [4.69, 9.17) is 0 Å². The molecule has 0 aromatic rings. The Morgan fingerprint density at radius 1 is 1.44 bits per heavy atom. The van der Waals surface area contributed by atoms with Gasteiger partial charge >= 0.3 is 0 Å². The standard InChI is InChI=1S/C8H16N2O3S3/c1-2-9-5-6-10(8-9)4-3-7-16(11,12)13-15-14/h5-6,14H,2-4,7-8H2,1H3. The van der Waals surface area contributed by atoms with Gasteiger partial charge in [0.15, 0.2) is 0 Å². The fourth-order valence-electron chi connectivity index (χ4n) is 1.39. The SMILES string of the molecule is CCN1C=CN(CCCS(=O)(=O)OSS)C1. The van der Waals surface area contributed by atoms with Crippen molar-refractivity contribution in [1.29, 1.82) is 0 Å². The van der Waals surface area contributed by atoms with E-state index in [0.717, 1.165) is 13.2 Å². The lowest BCUT2D eigenvalue weighted by Gasteiger charge is -2.19. The van der Waals surface area contributed by atoms with Gasteiger partial charge in [-0.05, 0) is 13.3 Å². The van der Waals surface area contributed by atoms with Crippen LogP contribution in [-0.4, -0.2) is 43.7 Å². The van der Waals surface area contributed by atoms with Gasteiger partial charge in [-0.2, -0.15) is 12.0 Å². The van der Waals surface area contributed by atoms with E-state index < -0.39 is 10.1 Å². The van der Waals surface area contributed by atoms with Gasteiger partial charge in [0, 0.05) is 25.5 Å². The topological polar surface area (TPSA) is 49.9 Å². The van der Waals surface area contributed by atoms with Crippen LogP contribution in [0.1, 0.15) is 13.3 Å². The normalized spacial score (nSPS) is 16.1. The molecule has 0 bridgehead atoms. The summed E-state index contributed by atoms with van der Waals surface area (Å²) in [6.45, 7) is 4.59. The van der Waals surface area contributed by atoms with Crippen LogP contribution < -0.4 is 0 Å². The molecule has 0 saturated carbocycles. The maximum Gasteiger partial charge on any atom is 0.278 e. The summed E-state index contributed by atoms with van der Waals surface area (Å²) in [4.78, 5) is 4.22. The molecule has 94 valence electrons. The zero-order valence-corrected chi connectivity index (χ0v) is 11.6. The molecule has 0 aromatic carbocycles. The average molecular weight is 284 g/mol. The Morgan fingerprint density at radius 3 is 2.69 bits per heavy atom. The molecular formula is C8H16N2O3S3. The molecule has 1 aliphatic heterocycles. The van der Waals surface area contributed by atoms with Gasteiger partial charge in [0.05, 0.1) is 23.5 Å². The minimum Gasteiger partial charge on any atom is -0.359 e. The number of rotatable bonds is 7. The van der Waals surface area contributed by atoms with Crippen molar-refractivity contribution in [3.63, 3.8) is 0 Å². The van der Waals surface area contributed by atoms with Crippen LogP contribution in [0, 0.1) is 0 Å². The highest BCUT2D eigenvalue weighted by Crippen LogP contribution is 2.13. The van der Waals surface area contributed by atoms with Gasteiger partial charge in [0.2, 0.25) is 0 Å². The Kier molecular flexibility index (Phi) is 5.81. The third-order valence-electron chi connectivity index (χ3n) is 2.23. The van der Waals surface area contributed by atoms with Crippen LogP contribution in [0.5, 0.6) is 0 Å². The van der Waals surface area contributed by atoms with Gasteiger partial charge in [-0.3, -0.25) is 0 Å². The van der Waals surface area contributed by atoms with Gasteiger partial charge in [-0.15, -0.1) is 0 Å². The highest BCUT2D eigenvalue weighted by molar-refractivity contribution is 8.67. The lowest BCUT2D eigenvalue weighted by atomic mass is 10.4. The summed E-state index contributed by atoms with van der Waals surface area (Å²) in [6.07, 6.45) is 4.54. The van der Waals surface area contributed by atoms with E-state index in [-0.39, 0.29) is 5.75 Å². The van der Waals surface area contributed by atoms with Crippen LogP contribution in [0.2, 0.25) is 0 Å². The van der Waals surface area contributed by atoms with Crippen molar-refractivity contribution < 1.29 is 12.0 Å². The summed E-state index contributed by atoms with van der Waals surface area (Å²) in [5.41, 5.74) is 0. The quantitative estimate of drug-likeness (QED) is 0.432. The molecule has 0 aromatic heterocycles. The largest absolute Gasteiger partial charge is 0.359 e. The van der Waals surface area contributed by atoms with Gasteiger partial charge in [-0.1, -0.05) is 11.7 Å². The van der Waals surface area contributed by atoms with Crippen molar-refractivity contribution in [3.05, 3.63) is 12.4 Å². The lowest BCUT2D eigenvalue weighted by Crippen LogP contribution is -2.26. The summed E-state index contributed by atoms with van der Waals surface area (Å²) in [7, 11) is -3.42. The Bertz CT molecular complexity index is 331.